The Bertz CT molecular complexity index is 930. The summed E-state index contributed by atoms with van der Waals surface area (Å²) in [7, 11) is 0. The largest absolute Gasteiger partial charge is 0.462 e. The Hall–Kier alpha value is -2.86. The lowest BCUT2D eigenvalue weighted by atomic mass is 9.95. The van der Waals surface area contributed by atoms with Gasteiger partial charge in [-0.1, -0.05) is 36.4 Å². The lowest BCUT2D eigenvalue weighted by molar-refractivity contribution is 0.0527. The zero-order chi connectivity index (χ0) is 21.6. The van der Waals surface area contributed by atoms with Crippen LogP contribution in [0.3, 0.4) is 0 Å². The molecule has 4 rings (SSSR count). The second-order valence-electron chi connectivity index (χ2n) is 8.40. The molecule has 2 heterocycles. The zero-order valence-electron chi connectivity index (χ0n) is 18.2. The van der Waals surface area contributed by atoms with Crippen molar-refractivity contribution < 1.29 is 14.3 Å². The van der Waals surface area contributed by atoms with Crippen molar-refractivity contribution >= 4 is 17.7 Å². The summed E-state index contributed by atoms with van der Waals surface area (Å²) in [5, 5.41) is 2.93. The minimum atomic E-state index is -0.416. The molecule has 2 aromatic carbocycles. The van der Waals surface area contributed by atoms with Gasteiger partial charge in [0.05, 0.1) is 17.9 Å². The Labute approximate surface area is 184 Å². The van der Waals surface area contributed by atoms with Crippen molar-refractivity contribution in [2.75, 3.05) is 38.1 Å². The number of hydrogen-bond donors (Lipinski definition) is 1. The third kappa shape index (κ3) is 5.25. The van der Waals surface area contributed by atoms with Crippen LogP contribution in [-0.2, 0) is 17.7 Å². The van der Waals surface area contributed by atoms with E-state index < -0.39 is 5.97 Å². The number of nitrogens with zero attached hydrogens (tertiary/aromatic N) is 2. The van der Waals surface area contributed by atoms with Crippen LogP contribution in [0.2, 0.25) is 0 Å². The number of carbonyl (C=O) groups excluding carboxylic acids is 2. The number of esters is 1. The van der Waals surface area contributed by atoms with Crippen LogP contribution in [0.5, 0.6) is 0 Å². The Morgan fingerprint density at radius 2 is 1.84 bits per heavy atom. The molecule has 164 valence electrons. The van der Waals surface area contributed by atoms with Gasteiger partial charge in [0.25, 0.3) is 0 Å². The quantitative estimate of drug-likeness (QED) is 0.737. The summed E-state index contributed by atoms with van der Waals surface area (Å²) >= 11 is 0. The van der Waals surface area contributed by atoms with Crippen LogP contribution in [0.25, 0.3) is 0 Å². The molecule has 2 aliphatic heterocycles. The maximum Gasteiger partial charge on any atom is 0.340 e. The van der Waals surface area contributed by atoms with Crippen LogP contribution in [-0.4, -0.2) is 54.6 Å². The molecule has 31 heavy (non-hydrogen) atoms. The summed E-state index contributed by atoms with van der Waals surface area (Å²) in [5.74, 6) is 0.0466. The van der Waals surface area contributed by atoms with Crippen LogP contribution >= 0.6 is 0 Å². The average molecular weight is 422 g/mol. The minimum Gasteiger partial charge on any atom is -0.462 e. The maximum atomic E-state index is 13.0. The van der Waals surface area contributed by atoms with Crippen molar-refractivity contribution in [3.63, 3.8) is 0 Å². The fourth-order valence-electron chi connectivity index (χ4n) is 4.65. The van der Waals surface area contributed by atoms with E-state index in [2.05, 4.69) is 34.5 Å². The molecular formula is C25H31N3O3. The van der Waals surface area contributed by atoms with Gasteiger partial charge in [-0.25, -0.2) is 9.59 Å². The van der Waals surface area contributed by atoms with Gasteiger partial charge in [0.15, 0.2) is 0 Å². The highest BCUT2D eigenvalue weighted by Gasteiger charge is 2.27. The molecule has 1 atom stereocenters. The summed E-state index contributed by atoms with van der Waals surface area (Å²) in [6.07, 6.45) is 3.24. The number of likely N-dealkylation sites (tertiary alicyclic amines) is 1. The molecule has 1 saturated heterocycles. The van der Waals surface area contributed by atoms with Crippen LogP contribution < -0.4 is 5.32 Å². The summed E-state index contributed by atoms with van der Waals surface area (Å²) in [5.41, 5.74) is 3.78. The first-order chi connectivity index (χ1) is 15.1. The Morgan fingerprint density at radius 1 is 1.06 bits per heavy atom. The van der Waals surface area contributed by atoms with Gasteiger partial charge >= 0.3 is 12.0 Å². The third-order valence-electron chi connectivity index (χ3n) is 6.20. The first-order valence-corrected chi connectivity index (χ1v) is 11.2. The molecule has 2 amide bonds. The van der Waals surface area contributed by atoms with E-state index in [-0.39, 0.29) is 6.03 Å². The highest BCUT2D eigenvalue weighted by atomic mass is 16.5. The highest BCUT2D eigenvalue weighted by Crippen LogP contribution is 2.24. The minimum absolute atomic E-state index is 0.148. The number of rotatable bonds is 5. The fraction of sp³-hybridized carbons (Fsp3) is 0.440. The van der Waals surface area contributed by atoms with Gasteiger partial charge in [-0.2, -0.15) is 0 Å². The molecule has 0 saturated carbocycles. The van der Waals surface area contributed by atoms with Crippen molar-refractivity contribution in [2.45, 2.75) is 32.7 Å². The topological polar surface area (TPSA) is 61.9 Å². The van der Waals surface area contributed by atoms with Gasteiger partial charge in [-0.3, -0.25) is 4.90 Å². The number of carbonyl (C=O) groups is 2. The second kappa shape index (κ2) is 9.96. The Morgan fingerprint density at radius 3 is 2.68 bits per heavy atom. The molecule has 1 fully saturated rings. The first-order valence-electron chi connectivity index (χ1n) is 11.2. The molecule has 0 spiro atoms. The van der Waals surface area contributed by atoms with Gasteiger partial charge < -0.3 is 15.0 Å². The number of anilines is 1. The fourth-order valence-corrected chi connectivity index (χ4v) is 4.65. The van der Waals surface area contributed by atoms with E-state index >= 15 is 0 Å². The predicted molar refractivity (Wildman–Crippen MR) is 121 cm³/mol. The van der Waals surface area contributed by atoms with Crippen LogP contribution in [0.15, 0.2) is 48.5 Å². The number of benzene rings is 2. The molecule has 2 aromatic rings. The van der Waals surface area contributed by atoms with Crippen molar-refractivity contribution in [1.82, 2.24) is 9.80 Å². The normalized spacial score (nSPS) is 18.9. The number of nitrogens with one attached hydrogen (secondary N) is 1. The summed E-state index contributed by atoms with van der Waals surface area (Å²) < 4.78 is 5.11. The van der Waals surface area contributed by atoms with E-state index in [1.54, 1.807) is 25.1 Å². The Kier molecular flexibility index (Phi) is 6.87. The highest BCUT2D eigenvalue weighted by molar-refractivity contribution is 6.00. The van der Waals surface area contributed by atoms with E-state index in [1.807, 2.05) is 11.0 Å². The van der Waals surface area contributed by atoms with Gasteiger partial charge in [-0.15, -0.1) is 0 Å². The number of amides is 2. The molecule has 1 N–H and O–H groups in total. The number of piperidine rings is 1. The van der Waals surface area contributed by atoms with Gasteiger partial charge in [0, 0.05) is 32.7 Å². The van der Waals surface area contributed by atoms with E-state index in [0.29, 0.717) is 23.8 Å². The molecule has 0 bridgehead atoms. The van der Waals surface area contributed by atoms with E-state index in [9.17, 15) is 9.59 Å². The van der Waals surface area contributed by atoms with Crippen LogP contribution in [0.4, 0.5) is 10.5 Å². The Balaban J connectivity index is 1.35. The first kappa shape index (κ1) is 21.4. The van der Waals surface area contributed by atoms with E-state index in [1.165, 1.54) is 11.1 Å². The number of urea groups is 1. The third-order valence-corrected chi connectivity index (χ3v) is 6.20. The smallest absolute Gasteiger partial charge is 0.340 e. The molecule has 2 aliphatic rings. The average Bonchev–Trinajstić information content (AvgIpc) is 2.79. The number of para-hydroxylation sites is 1. The molecule has 0 unspecified atom stereocenters. The van der Waals surface area contributed by atoms with E-state index in [4.69, 9.17) is 4.74 Å². The monoisotopic (exact) mass is 421 g/mol. The van der Waals surface area contributed by atoms with Crippen molar-refractivity contribution in [2.24, 2.45) is 5.92 Å². The lowest BCUT2D eigenvalue weighted by Crippen LogP contribution is -2.46. The zero-order valence-corrected chi connectivity index (χ0v) is 18.2. The molecular weight excluding hydrogens is 390 g/mol. The van der Waals surface area contributed by atoms with E-state index in [0.717, 1.165) is 52.0 Å². The van der Waals surface area contributed by atoms with Gasteiger partial charge in [0.1, 0.15) is 0 Å². The van der Waals surface area contributed by atoms with Gasteiger partial charge in [-0.05, 0) is 55.4 Å². The molecule has 0 aromatic heterocycles. The molecule has 6 nitrogen and oxygen atoms in total. The number of hydrogen-bond acceptors (Lipinski definition) is 4. The van der Waals surface area contributed by atoms with Crippen molar-refractivity contribution in [1.29, 1.82) is 0 Å². The SMILES string of the molecule is CCOC(=O)c1ccccc1NC(=O)N1CCC[C@H](CN2CCc3ccccc3C2)C1. The lowest BCUT2D eigenvalue weighted by Gasteiger charge is -2.37. The maximum absolute atomic E-state index is 13.0. The second-order valence-corrected chi connectivity index (χ2v) is 8.40. The van der Waals surface area contributed by atoms with Gasteiger partial charge in [0.2, 0.25) is 0 Å². The summed E-state index contributed by atoms with van der Waals surface area (Å²) in [6, 6.07) is 15.6. The van der Waals surface area contributed by atoms with Crippen molar-refractivity contribution in [3.05, 3.63) is 65.2 Å². The van der Waals surface area contributed by atoms with Crippen LogP contribution in [0.1, 0.15) is 41.3 Å². The molecule has 0 radical (unpaired) electrons. The standard InChI is InChI=1S/C25H31N3O3/c1-2-31-24(29)22-11-5-6-12-23(22)26-25(30)28-14-7-8-19(17-28)16-27-15-13-20-9-3-4-10-21(20)18-27/h3-6,9-12,19H,2,7-8,13-18H2,1H3,(H,26,30)/t19-/m1/s1. The van der Waals surface area contributed by atoms with Crippen LogP contribution in [0, 0.1) is 5.92 Å². The molecule has 0 aliphatic carbocycles. The summed E-state index contributed by atoms with van der Waals surface area (Å²) in [4.78, 5) is 29.5. The number of ether oxygens (including phenoxy) is 1. The predicted octanol–water partition coefficient (Wildman–Crippen LogP) is 4.17. The molecule has 6 heteroatoms. The van der Waals surface area contributed by atoms with Crippen molar-refractivity contribution in [3.8, 4) is 0 Å². The number of fused-ring (bicyclic) bond motifs is 1. The summed E-state index contributed by atoms with van der Waals surface area (Å²) in [6.45, 7) is 6.64.